The second-order valence-electron chi connectivity index (χ2n) is 5.83. The maximum Gasteiger partial charge on any atom is 0.416 e. The number of carbonyl (C=O) groups excluding carboxylic acids is 1. The van der Waals surface area contributed by atoms with E-state index >= 15 is 0 Å². The Balaban J connectivity index is 1.58. The zero-order valence-corrected chi connectivity index (χ0v) is 15.0. The lowest BCUT2D eigenvalue weighted by Crippen LogP contribution is -2.12. The predicted molar refractivity (Wildman–Crippen MR) is 102 cm³/mol. The summed E-state index contributed by atoms with van der Waals surface area (Å²) >= 11 is 1.70. The van der Waals surface area contributed by atoms with Gasteiger partial charge in [0.1, 0.15) is 0 Å². The molecule has 0 bridgehead atoms. The molecular formula is C21H16F3NOS. The first-order valence-electron chi connectivity index (χ1n) is 8.17. The highest BCUT2D eigenvalue weighted by Gasteiger charge is 2.29. The molecule has 0 heterocycles. The van der Waals surface area contributed by atoms with Gasteiger partial charge in [0.15, 0.2) is 0 Å². The monoisotopic (exact) mass is 387 g/mol. The van der Waals surface area contributed by atoms with E-state index in [1.165, 1.54) is 17.0 Å². The molecule has 0 unspecified atom stereocenters. The quantitative estimate of drug-likeness (QED) is 0.524. The van der Waals surface area contributed by atoms with Crippen molar-refractivity contribution in [2.45, 2.75) is 16.8 Å². The van der Waals surface area contributed by atoms with Gasteiger partial charge in [0.25, 0.3) is 5.91 Å². The molecule has 1 N–H and O–H groups in total. The van der Waals surface area contributed by atoms with Gasteiger partial charge in [-0.1, -0.05) is 30.3 Å². The van der Waals surface area contributed by atoms with E-state index < -0.39 is 11.7 Å². The van der Waals surface area contributed by atoms with Crippen LogP contribution in [0.2, 0.25) is 0 Å². The first-order chi connectivity index (χ1) is 12.9. The first-order valence-corrected chi connectivity index (χ1v) is 9.16. The molecule has 0 aromatic heterocycles. The van der Waals surface area contributed by atoms with Gasteiger partial charge in [-0.2, -0.15) is 13.2 Å². The van der Waals surface area contributed by atoms with Crippen LogP contribution in [0.15, 0.2) is 83.8 Å². The lowest BCUT2D eigenvalue weighted by atomic mass is 10.1. The number of amides is 1. The highest BCUT2D eigenvalue weighted by atomic mass is 32.2. The highest BCUT2D eigenvalue weighted by Crippen LogP contribution is 2.30. The maximum absolute atomic E-state index is 12.6. The van der Waals surface area contributed by atoms with Crippen molar-refractivity contribution in [2.75, 3.05) is 5.32 Å². The Labute approximate surface area is 159 Å². The molecule has 27 heavy (non-hydrogen) atoms. The lowest BCUT2D eigenvalue weighted by Gasteiger charge is -2.09. The predicted octanol–water partition coefficient (Wildman–Crippen LogP) is 6.25. The third kappa shape index (κ3) is 5.37. The van der Waals surface area contributed by atoms with Crippen LogP contribution >= 0.6 is 11.8 Å². The van der Waals surface area contributed by atoms with Crippen molar-refractivity contribution in [2.24, 2.45) is 0 Å². The van der Waals surface area contributed by atoms with Crippen LogP contribution in [-0.2, 0) is 11.9 Å². The van der Waals surface area contributed by atoms with Gasteiger partial charge in [0, 0.05) is 21.9 Å². The topological polar surface area (TPSA) is 29.1 Å². The Bertz CT molecular complexity index is 891. The minimum absolute atomic E-state index is 0.316. The summed E-state index contributed by atoms with van der Waals surface area (Å²) in [6.07, 6.45) is -4.39. The van der Waals surface area contributed by atoms with E-state index in [0.717, 1.165) is 23.4 Å². The molecule has 3 rings (SSSR count). The molecule has 0 fully saturated rings. The molecule has 3 aromatic rings. The average Bonchev–Trinajstić information content (AvgIpc) is 2.67. The zero-order chi connectivity index (χ0) is 19.3. The molecule has 0 spiro atoms. The Kier molecular flexibility index (Phi) is 5.86. The molecule has 0 radical (unpaired) electrons. The molecule has 0 aliphatic rings. The number of anilines is 1. The van der Waals surface area contributed by atoms with Crippen molar-refractivity contribution in [1.29, 1.82) is 0 Å². The molecule has 0 aliphatic carbocycles. The van der Waals surface area contributed by atoms with E-state index in [9.17, 15) is 18.0 Å². The van der Waals surface area contributed by atoms with E-state index in [-0.39, 0.29) is 5.91 Å². The number of carbonyl (C=O) groups is 1. The Morgan fingerprint density at radius 2 is 1.48 bits per heavy atom. The maximum atomic E-state index is 12.6. The molecule has 3 aromatic carbocycles. The van der Waals surface area contributed by atoms with Gasteiger partial charge in [0.2, 0.25) is 0 Å². The van der Waals surface area contributed by atoms with Crippen LogP contribution in [0, 0.1) is 0 Å². The Morgan fingerprint density at radius 3 is 2.07 bits per heavy atom. The second kappa shape index (κ2) is 8.31. The van der Waals surface area contributed by atoms with Gasteiger partial charge in [-0.15, -0.1) is 11.8 Å². The number of thioether (sulfide) groups is 1. The molecule has 0 atom stereocenters. The Hall–Kier alpha value is -2.73. The summed E-state index contributed by atoms with van der Waals surface area (Å²) in [5.41, 5.74) is 1.09. The van der Waals surface area contributed by atoms with Crippen molar-refractivity contribution in [3.63, 3.8) is 0 Å². The molecule has 0 saturated carbocycles. The minimum atomic E-state index is -4.39. The SMILES string of the molecule is O=C(Nc1ccc(C(F)(F)F)cc1)c1ccc(CSc2ccccc2)cc1. The van der Waals surface area contributed by atoms with Crippen molar-refractivity contribution < 1.29 is 18.0 Å². The van der Waals surface area contributed by atoms with Crippen molar-refractivity contribution in [3.8, 4) is 0 Å². The summed E-state index contributed by atoms with van der Waals surface area (Å²) in [5.74, 6) is 0.419. The van der Waals surface area contributed by atoms with Gasteiger partial charge >= 0.3 is 6.18 Å². The molecule has 6 heteroatoms. The minimum Gasteiger partial charge on any atom is -0.322 e. The lowest BCUT2D eigenvalue weighted by molar-refractivity contribution is -0.137. The van der Waals surface area contributed by atoms with Crippen LogP contribution in [0.5, 0.6) is 0 Å². The van der Waals surface area contributed by atoms with Crippen LogP contribution in [0.1, 0.15) is 21.5 Å². The standard InChI is InChI=1S/C21H16F3NOS/c22-21(23,24)17-10-12-18(13-11-17)25-20(26)16-8-6-15(7-9-16)14-27-19-4-2-1-3-5-19/h1-13H,14H2,(H,25,26). The number of hydrogen-bond acceptors (Lipinski definition) is 2. The molecule has 0 saturated heterocycles. The van der Waals surface area contributed by atoms with Crippen molar-refractivity contribution in [1.82, 2.24) is 0 Å². The van der Waals surface area contributed by atoms with Gasteiger partial charge in [-0.05, 0) is 54.1 Å². The smallest absolute Gasteiger partial charge is 0.322 e. The first kappa shape index (κ1) is 19.0. The fourth-order valence-electron chi connectivity index (χ4n) is 2.38. The van der Waals surface area contributed by atoms with Crippen LogP contribution in [-0.4, -0.2) is 5.91 Å². The summed E-state index contributed by atoms with van der Waals surface area (Å²) in [4.78, 5) is 13.4. The summed E-state index contributed by atoms with van der Waals surface area (Å²) in [7, 11) is 0. The normalized spacial score (nSPS) is 11.2. The molecule has 2 nitrogen and oxygen atoms in total. The molecule has 1 amide bonds. The van der Waals surface area contributed by atoms with Gasteiger partial charge in [0.05, 0.1) is 5.56 Å². The van der Waals surface area contributed by atoms with E-state index in [1.807, 2.05) is 42.5 Å². The molecule has 138 valence electrons. The highest BCUT2D eigenvalue weighted by molar-refractivity contribution is 7.98. The summed E-state index contributed by atoms with van der Waals surface area (Å²) in [6.45, 7) is 0. The fourth-order valence-corrected chi connectivity index (χ4v) is 3.26. The fraction of sp³-hybridized carbons (Fsp3) is 0.0952. The third-order valence-corrected chi connectivity index (χ3v) is 4.92. The number of nitrogens with one attached hydrogen (secondary N) is 1. The number of halogens is 3. The molecule has 0 aliphatic heterocycles. The van der Waals surface area contributed by atoms with Crippen molar-refractivity contribution in [3.05, 3.63) is 95.6 Å². The van der Waals surface area contributed by atoms with Crippen LogP contribution in [0.3, 0.4) is 0 Å². The average molecular weight is 387 g/mol. The summed E-state index contributed by atoms with van der Waals surface area (Å²) in [5, 5.41) is 2.60. The second-order valence-corrected chi connectivity index (χ2v) is 6.88. The number of benzene rings is 3. The number of hydrogen-bond donors (Lipinski definition) is 1. The van der Waals surface area contributed by atoms with E-state index in [1.54, 1.807) is 23.9 Å². The van der Waals surface area contributed by atoms with Gasteiger partial charge < -0.3 is 5.32 Å². The van der Waals surface area contributed by atoms with Crippen molar-refractivity contribution >= 4 is 23.4 Å². The van der Waals surface area contributed by atoms with E-state index in [4.69, 9.17) is 0 Å². The van der Waals surface area contributed by atoms with Crippen LogP contribution < -0.4 is 5.32 Å². The van der Waals surface area contributed by atoms with E-state index in [0.29, 0.717) is 11.3 Å². The van der Waals surface area contributed by atoms with Crippen LogP contribution in [0.4, 0.5) is 18.9 Å². The third-order valence-electron chi connectivity index (χ3n) is 3.83. The summed E-state index contributed by atoms with van der Waals surface area (Å²) < 4.78 is 37.7. The van der Waals surface area contributed by atoms with E-state index in [2.05, 4.69) is 5.32 Å². The van der Waals surface area contributed by atoms with Crippen LogP contribution in [0.25, 0.3) is 0 Å². The van der Waals surface area contributed by atoms with Gasteiger partial charge in [-0.25, -0.2) is 0 Å². The number of alkyl halides is 3. The molecular weight excluding hydrogens is 371 g/mol. The zero-order valence-electron chi connectivity index (χ0n) is 14.2. The summed E-state index contributed by atoms with van der Waals surface area (Å²) in [6, 6.07) is 21.5. The largest absolute Gasteiger partial charge is 0.416 e. The Morgan fingerprint density at radius 1 is 0.852 bits per heavy atom. The number of rotatable bonds is 5. The van der Waals surface area contributed by atoms with Gasteiger partial charge in [-0.3, -0.25) is 4.79 Å².